The standard InChI is InChI=1S/C10H14N2O5/c1-5-2-6(17-8(5)10(15)16)3-12-4-7(13)9(11)14/h2,7,12-13H,3-4H2,1H3,(H2,11,14)(H,15,16). The normalized spacial score (nSPS) is 12.4. The molecular weight excluding hydrogens is 228 g/mol. The number of carbonyl (C=O) groups excluding carboxylic acids is 1. The average molecular weight is 242 g/mol. The molecule has 1 atom stereocenters. The summed E-state index contributed by atoms with van der Waals surface area (Å²) in [4.78, 5) is 21.2. The number of aliphatic hydroxyl groups excluding tert-OH is 1. The van der Waals surface area contributed by atoms with Gasteiger partial charge in [-0.25, -0.2) is 4.79 Å². The van der Waals surface area contributed by atoms with Crippen LogP contribution in [0.2, 0.25) is 0 Å². The zero-order valence-electron chi connectivity index (χ0n) is 9.27. The lowest BCUT2D eigenvalue weighted by Gasteiger charge is -2.06. The summed E-state index contributed by atoms with van der Waals surface area (Å²) >= 11 is 0. The van der Waals surface area contributed by atoms with E-state index in [1.807, 2.05) is 0 Å². The van der Waals surface area contributed by atoms with E-state index in [1.165, 1.54) is 0 Å². The van der Waals surface area contributed by atoms with Crippen LogP contribution >= 0.6 is 0 Å². The first-order chi connectivity index (χ1) is 7.91. The van der Waals surface area contributed by atoms with Crippen molar-refractivity contribution in [2.24, 2.45) is 5.73 Å². The first-order valence-electron chi connectivity index (χ1n) is 4.92. The molecule has 1 aromatic rings. The summed E-state index contributed by atoms with van der Waals surface area (Å²) in [6.45, 7) is 1.81. The number of rotatable bonds is 6. The third-order valence-corrected chi connectivity index (χ3v) is 2.13. The molecule has 7 heteroatoms. The van der Waals surface area contributed by atoms with Gasteiger partial charge in [-0.2, -0.15) is 0 Å². The number of aromatic carboxylic acids is 1. The number of nitrogens with two attached hydrogens (primary N) is 1. The van der Waals surface area contributed by atoms with Gasteiger partial charge < -0.3 is 25.7 Å². The smallest absolute Gasteiger partial charge is 0.372 e. The molecule has 5 N–H and O–H groups in total. The van der Waals surface area contributed by atoms with Crippen LogP contribution in [0, 0.1) is 6.92 Å². The zero-order chi connectivity index (χ0) is 13.0. The third-order valence-electron chi connectivity index (χ3n) is 2.13. The van der Waals surface area contributed by atoms with Crippen LogP contribution in [0.4, 0.5) is 0 Å². The van der Waals surface area contributed by atoms with E-state index in [2.05, 4.69) is 5.32 Å². The average Bonchev–Trinajstić information content (AvgIpc) is 2.59. The van der Waals surface area contributed by atoms with Crippen LogP contribution in [-0.2, 0) is 11.3 Å². The second kappa shape index (κ2) is 5.46. The molecule has 1 aromatic heterocycles. The maximum absolute atomic E-state index is 10.7. The number of hydrogen-bond donors (Lipinski definition) is 4. The van der Waals surface area contributed by atoms with E-state index in [0.29, 0.717) is 11.3 Å². The Morgan fingerprint density at radius 2 is 2.24 bits per heavy atom. The van der Waals surface area contributed by atoms with E-state index in [-0.39, 0.29) is 18.8 Å². The van der Waals surface area contributed by atoms with E-state index in [9.17, 15) is 9.59 Å². The van der Waals surface area contributed by atoms with Crippen molar-refractivity contribution in [3.8, 4) is 0 Å². The van der Waals surface area contributed by atoms with Crippen molar-refractivity contribution in [1.29, 1.82) is 0 Å². The summed E-state index contributed by atoms with van der Waals surface area (Å²) in [5, 5.41) is 20.6. The Kier molecular flexibility index (Phi) is 4.24. The van der Waals surface area contributed by atoms with Crippen LogP contribution in [0.5, 0.6) is 0 Å². The van der Waals surface area contributed by atoms with E-state index >= 15 is 0 Å². The van der Waals surface area contributed by atoms with Crippen molar-refractivity contribution in [2.45, 2.75) is 19.6 Å². The fraction of sp³-hybridized carbons (Fsp3) is 0.400. The predicted octanol–water partition coefficient (Wildman–Crippen LogP) is -0.778. The number of hydrogen-bond acceptors (Lipinski definition) is 5. The van der Waals surface area contributed by atoms with Gasteiger partial charge in [-0.05, 0) is 13.0 Å². The van der Waals surface area contributed by atoms with Gasteiger partial charge in [-0.1, -0.05) is 0 Å². The molecule has 0 fully saturated rings. The third kappa shape index (κ3) is 3.58. The van der Waals surface area contributed by atoms with Crippen molar-refractivity contribution >= 4 is 11.9 Å². The van der Waals surface area contributed by atoms with Crippen LogP contribution in [-0.4, -0.2) is 34.7 Å². The van der Waals surface area contributed by atoms with Gasteiger partial charge in [0.15, 0.2) is 0 Å². The topological polar surface area (TPSA) is 126 Å². The van der Waals surface area contributed by atoms with E-state index < -0.39 is 18.0 Å². The Morgan fingerprint density at radius 1 is 1.59 bits per heavy atom. The van der Waals surface area contributed by atoms with Crippen LogP contribution in [0.1, 0.15) is 21.9 Å². The Balaban J connectivity index is 2.50. The number of carboxylic acid groups (broad SMARTS) is 1. The molecule has 0 bridgehead atoms. The highest BCUT2D eigenvalue weighted by molar-refractivity contribution is 5.86. The number of furan rings is 1. The summed E-state index contributed by atoms with van der Waals surface area (Å²) in [6.07, 6.45) is -1.27. The first kappa shape index (κ1) is 13.2. The lowest BCUT2D eigenvalue weighted by atomic mass is 10.2. The molecule has 0 aliphatic carbocycles. The number of primary amides is 1. The number of aliphatic hydroxyl groups is 1. The molecule has 94 valence electrons. The molecule has 1 unspecified atom stereocenters. The molecule has 0 saturated carbocycles. The van der Waals surface area contributed by atoms with E-state index in [4.69, 9.17) is 20.4 Å². The number of carboxylic acids is 1. The monoisotopic (exact) mass is 242 g/mol. The number of aryl methyl sites for hydroxylation is 1. The first-order valence-corrected chi connectivity index (χ1v) is 4.92. The highest BCUT2D eigenvalue weighted by Gasteiger charge is 2.15. The molecule has 17 heavy (non-hydrogen) atoms. The molecule has 7 nitrogen and oxygen atoms in total. The number of amides is 1. The van der Waals surface area contributed by atoms with Gasteiger partial charge in [0.2, 0.25) is 11.7 Å². The molecule has 0 radical (unpaired) electrons. The molecule has 0 aliphatic heterocycles. The summed E-state index contributed by atoms with van der Waals surface area (Å²) in [5.74, 6) is -1.65. The quantitative estimate of drug-likeness (QED) is 0.518. The SMILES string of the molecule is Cc1cc(CNCC(O)C(N)=O)oc1C(=O)O. The fourth-order valence-corrected chi connectivity index (χ4v) is 1.28. The van der Waals surface area contributed by atoms with Gasteiger partial charge in [-0.15, -0.1) is 0 Å². The second-order valence-corrected chi connectivity index (χ2v) is 3.58. The van der Waals surface area contributed by atoms with Crippen molar-refractivity contribution in [1.82, 2.24) is 5.32 Å². The Hall–Kier alpha value is -1.86. The Bertz CT molecular complexity index is 426. The van der Waals surface area contributed by atoms with Crippen LogP contribution in [0.3, 0.4) is 0 Å². The molecule has 0 saturated heterocycles. The fourth-order valence-electron chi connectivity index (χ4n) is 1.28. The van der Waals surface area contributed by atoms with Gasteiger partial charge in [0.25, 0.3) is 0 Å². The summed E-state index contributed by atoms with van der Waals surface area (Å²) in [7, 11) is 0. The zero-order valence-corrected chi connectivity index (χ0v) is 9.27. The number of carbonyl (C=O) groups is 2. The molecule has 1 heterocycles. The van der Waals surface area contributed by atoms with E-state index in [0.717, 1.165) is 0 Å². The van der Waals surface area contributed by atoms with Crippen molar-refractivity contribution < 1.29 is 24.2 Å². The van der Waals surface area contributed by atoms with Crippen LogP contribution < -0.4 is 11.1 Å². The molecule has 1 rings (SSSR count). The Morgan fingerprint density at radius 3 is 2.71 bits per heavy atom. The molecular formula is C10H14N2O5. The van der Waals surface area contributed by atoms with Gasteiger partial charge in [-0.3, -0.25) is 4.79 Å². The number of nitrogens with one attached hydrogen (secondary N) is 1. The van der Waals surface area contributed by atoms with Gasteiger partial charge in [0, 0.05) is 12.1 Å². The molecule has 0 aromatic carbocycles. The van der Waals surface area contributed by atoms with E-state index in [1.54, 1.807) is 13.0 Å². The minimum atomic E-state index is -1.27. The largest absolute Gasteiger partial charge is 0.475 e. The molecule has 0 aliphatic rings. The van der Waals surface area contributed by atoms with Crippen molar-refractivity contribution in [3.63, 3.8) is 0 Å². The minimum Gasteiger partial charge on any atom is -0.475 e. The second-order valence-electron chi connectivity index (χ2n) is 3.58. The molecule has 0 spiro atoms. The highest BCUT2D eigenvalue weighted by atomic mass is 16.4. The molecule has 1 amide bonds. The minimum absolute atomic E-state index is 0.0164. The van der Waals surface area contributed by atoms with Gasteiger partial charge in [0.1, 0.15) is 11.9 Å². The Labute approximate surface area is 97.2 Å². The summed E-state index contributed by atoms with van der Waals surface area (Å²) in [6, 6.07) is 1.58. The predicted molar refractivity (Wildman–Crippen MR) is 57.3 cm³/mol. The lowest BCUT2D eigenvalue weighted by molar-refractivity contribution is -0.125. The maximum atomic E-state index is 10.7. The maximum Gasteiger partial charge on any atom is 0.372 e. The lowest BCUT2D eigenvalue weighted by Crippen LogP contribution is -2.37. The van der Waals surface area contributed by atoms with Crippen molar-refractivity contribution in [2.75, 3.05) is 6.54 Å². The van der Waals surface area contributed by atoms with Crippen molar-refractivity contribution in [3.05, 3.63) is 23.2 Å². The van der Waals surface area contributed by atoms with Gasteiger partial charge in [0.05, 0.1) is 6.54 Å². The highest BCUT2D eigenvalue weighted by Crippen LogP contribution is 2.14. The van der Waals surface area contributed by atoms with Crippen LogP contribution in [0.15, 0.2) is 10.5 Å². The summed E-state index contributed by atoms with van der Waals surface area (Å²) in [5.41, 5.74) is 5.37. The summed E-state index contributed by atoms with van der Waals surface area (Å²) < 4.78 is 5.06. The van der Waals surface area contributed by atoms with Gasteiger partial charge >= 0.3 is 5.97 Å². The van der Waals surface area contributed by atoms with Crippen LogP contribution in [0.25, 0.3) is 0 Å².